The largest absolute Gasteiger partial charge is 0.497 e. The van der Waals surface area contributed by atoms with Crippen LogP contribution in [0.25, 0.3) is 0 Å². The van der Waals surface area contributed by atoms with Crippen molar-refractivity contribution in [1.29, 1.82) is 0 Å². The summed E-state index contributed by atoms with van der Waals surface area (Å²) in [5, 5.41) is 6.62. The molecule has 0 radical (unpaired) electrons. The van der Waals surface area contributed by atoms with Gasteiger partial charge in [-0.15, -0.1) is 24.0 Å². The molecule has 0 unspecified atom stereocenters. The molecular weight excluding hydrogens is 457 g/mol. The molecule has 0 heterocycles. The number of benzene rings is 1. The lowest BCUT2D eigenvalue weighted by molar-refractivity contribution is 0.123. The fraction of sp³-hybridized carbons (Fsp3) is 0.650. The first kappa shape index (κ1) is 23.8. The summed E-state index contributed by atoms with van der Waals surface area (Å²) in [6.45, 7) is 6.89. The first-order valence-electron chi connectivity index (χ1n) is 9.68. The molecule has 1 fully saturated rings. The SMILES string of the molecule is CCNC(=NCCCOc1cccc(OC)c1)NCCCOCC1CC1.I. The van der Waals surface area contributed by atoms with E-state index in [2.05, 4.69) is 22.5 Å². The van der Waals surface area contributed by atoms with Crippen molar-refractivity contribution in [2.75, 3.05) is 46.6 Å². The quantitative estimate of drug-likeness (QED) is 0.192. The van der Waals surface area contributed by atoms with Gasteiger partial charge in [0.2, 0.25) is 0 Å². The van der Waals surface area contributed by atoms with Gasteiger partial charge in [0.25, 0.3) is 0 Å². The Morgan fingerprint density at radius 3 is 2.70 bits per heavy atom. The van der Waals surface area contributed by atoms with Crippen LogP contribution in [0.2, 0.25) is 0 Å². The topological polar surface area (TPSA) is 64.1 Å². The van der Waals surface area contributed by atoms with Crippen LogP contribution in [0.1, 0.15) is 32.6 Å². The third kappa shape index (κ3) is 11.3. The van der Waals surface area contributed by atoms with Gasteiger partial charge in [-0.1, -0.05) is 6.07 Å². The van der Waals surface area contributed by atoms with Crippen LogP contribution in [0.3, 0.4) is 0 Å². The highest BCUT2D eigenvalue weighted by atomic mass is 127. The summed E-state index contributed by atoms with van der Waals surface area (Å²) >= 11 is 0. The van der Waals surface area contributed by atoms with Gasteiger partial charge in [-0.2, -0.15) is 0 Å². The number of ether oxygens (including phenoxy) is 3. The van der Waals surface area contributed by atoms with Crippen LogP contribution in [0.4, 0.5) is 0 Å². The Morgan fingerprint density at radius 2 is 1.96 bits per heavy atom. The monoisotopic (exact) mass is 491 g/mol. The van der Waals surface area contributed by atoms with Gasteiger partial charge in [0.05, 0.1) is 13.7 Å². The Balaban J connectivity index is 0.00000364. The minimum Gasteiger partial charge on any atom is -0.497 e. The highest BCUT2D eigenvalue weighted by Crippen LogP contribution is 2.28. The predicted octanol–water partition coefficient (Wildman–Crippen LogP) is 3.45. The summed E-state index contributed by atoms with van der Waals surface area (Å²) in [5.74, 6) is 3.32. The highest BCUT2D eigenvalue weighted by Gasteiger charge is 2.20. The van der Waals surface area contributed by atoms with E-state index in [4.69, 9.17) is 14.2 Å². The van der Waals surface area contributed by atoms with Gasteiger partial charge in [0.15, 0.2) is 5.96 Å². The first-order chi connectivity index (χ1) is 12.8. The molecule has 1 aliphatic carbocycles. The third-order valence-corrected chi connectivity index (χ3v) is 4.03. The van der Waals surface area contributed by atoms with E-state index in [-0.39, 0.29) is 24.0 Å². The van der Waals surface area contributed by atoms with E-state index >= 15 is 0 Å². The molecule has 0 aliphatic heterocycles. The zero-order valence-corrected chi connectivity index (χ0v) is 18.9. The van der Waals surface area contributed by atoms with Crippen molar-refractivity contribution >= 4 is 29.9 Å². The van der Waals surface area contributed by atoms with Gasteiger partial charge in [0.1, 0.15) is 11.5 Å². The molecule has 2 rings (SSSR count). The van der Waals surface area contributed by atoms with Gasteiger partial charge < -0.3 is 24.8 Å². The molecule has 1 aliphatic rings. The molecule has 0 spiro atoms. The van der Waals surface area contributed by atoms with E-state index in [1.807, 2.05) is 24.3 Å². The Hall–Kier alpha value is -1.22. The predicted molar refractivity (Wildman–Crippen MR) is 121 cm³/mol. The van der Waals surface area contributed by atoms with E-state index in [0.29, 0.717) is 6.61 Å². The average Bonchev–Trinajstić information content (AvgIpc) is 3.48. The average molecular weight is 491 g/mol. The number of rotatable bonds is 13. The zero-order valence-electron chi connectivity index (χ0n) is 16.5. The number of nitrogens with one attached hydrogen (secondary N) is 2. The maximum absolute atomic E-state index is 5.73. The van der Waals surface area contributed by atoms with E-state index in [9.17, 15) is 0 Å². The van der Waals surface area contributed by atoms with Gasteiger partial charge in [-0.25, -0.2) is 0 Å². The number of hydrogen-bond acceptors (Lipinski definition) is 4. The van der Waals surface area contributed by atoms with Crippen molar-refractivity contribution in [3.05, 3.63) is 24.3 Å². The van der Waals surface area contributed by atoms with E-state index in [0.717, 1.165) is 69.1 Å². The lowest BCUT2D eigenvalue weighted by atomic mass is 10.3. The maximum atomic E-state index is 5.73. The molecule has 1 aromatic carbocycles. The number of guanidine groups is 1. The molecular formula is C20H34IN3O3. The van der Waals surface area contributed by atoms with Gasteiger partial charge >= 0.3 is 0 Å². The molecule has 6 nitrogen and oxygen atoms in total. The normalized spacial score (nSPS) is 13.6. The van der Waals surface area contributed by atoms with Crippen LogP contribution in [-0.4, -0.2) is 52.5 Å². The lowest BCUT2D eigenvalue weighted by Crippen LogP contribution is -2.38. The Morgan fingerprint density at radius 1 is 1.15 bits per heavy atom. The minimum absolute atomic E-state index is 0. The summed E-state index contributed by atoms with van der Waals surface area (Å²) in [5.41, 5.74) is 0. The molecule has 0 aromatic heterocycles. The molecule has 0 atom stereocenters. The second-order valence-corrected chi connectivity index (χ2v) is 6.44. The molecule has 0 amide bonds. The van der Waals surface area contributed by atoms with Gasteiger partial charge in [-0.3, -0.25) is 4.99 Å². The van der Waals surface area contributed by atoms with Crippen molar-refractivity contribution < 1.29 is 14.2 Å². The summed E-state index contributed by atoms with van der Waals surface area (Å²) < 4.78 is 16.6. The van der Waals surface area contributed by atoms with Crippen molar-refractivity contribution in [2.45, 2.75) is 32.6 Å². The van der Waals surface area contributed by atoms with Crippen LogP contribution in [0.5, 0.6) is 11.5 Å². The van der Waals surface area contributed by atoms with Crippen molar-refractivity contribution in [1.82, 2.24) is 10.6 Å². The number of aliphatic imine (C=N–C) groups is 1. The second kappa shape index (κ2) is 14.8. The standard InChI is InChI=1S/C20H33N3O3.HI/c1-3-21-20(22-11-5-13-25-16-17-9-10-17)23-12-6-14-26-19-8-4-7-18(15-19)24-2;/h4,7-8,15,17H,3,5-6,9-14,16H2,1-2H3,(H2,21,22,23);1H. The van der Waals surface area contributed by atoms with Gasteiger partial charge in [0, 0.05) is 45.3 Å². The first-order valence-corrected chi connectivity index (χ1v) is 9.68. The summed E-state index contributed by atoms with van der Waals surface area (Å²) in [4.78, 5) is 4.58. The van der Waals surface area contributed by atoms with Crippen LogP contribution < -0.4 is 20.1 Å². The zero-order chi connectivity index (χ0) is 18.5. The Labute approximate surface area is 180 Å². The summed E-state index contributed by atoms with van der Waals surface area (Å²) in [7, 11) is 1.66. The smallest absolute Gasteiger partial charge is 0.191 e. The molecule has 1 aromatic rings. The number of hydrogen-bond donors (Lipinski definition) is 2. The molecule has 1 saturated carbocycles. The molecule has 0 saturated heterocycles. The Kier molecular flexibility index (Phi) is 13.0. The molecule has 154 valence electrons. The highest BCUT2D eigenvalue weighted by molar-refractivity contribution is 14.0. The fourth-order valence-corrected chi connectivity index (χ4v) is 2.39. The number of methoxy groups -OCH3 is 1. The van der Waals surface area contributed by atoms with E-state index in [1.54, 1.807) is 7.11 Å². The van der Waals surface area contributed by atoms with Gasteiger partial charge in [-0.05, 0) is 44.2 Å². The van der Waals surface area contributed by atoms with Crippen molar-refractivity contribution in [2.24, 2.45) is 10.9 Å². The molecule has 2 N–H and O–H groups in total. The molecule has 27 heavy (non-hydrogen) atoms. The second-order valence-electron chi connectivity index (χ2n) is 6.44. The van der Waals surface area contributed by atoms with Crippen LogP contribution in [0, 0.1) is 5.92 Å². The number of halogens is 1. The van der Waals surface area contributed by atoms with Crippen molar-refractivity contribution in [3.63, 3.8) is 0 Å². The lowest BCUT2D eigenvalue weighted by Gasteiger charge is -2.11. The van der Waals surface area contributed by atoms with E-state index < -0.39 is 0 Å². The van der Waals surface area contributed by atoms with E-state index in [1.165, 1.54) is 12.8 Å². The summed E-state index contributed by atoms with van der Waals surface area (Å²) in [6, 6.07) is 7.65. The van der Waals surface area contributed by atoms with Crippen LogP contribution >= 0.6 is 24.0 Å². The third-order valence-electron chi connectivity index (χ3n) is 4.03. The minimum atomic E-state index is 0. The fourth-order valence-electron chi connectivity index (χ4n) is 2.39. The number of nitrogens with zero attached hydrogens (tertiary/aromatic N) is 1. The Bertz CT molecular complexity index is 539. The van der Waals surface area contributed by atoms with Crippen LogP contribution in [0.15, 0.2) is 29.3 Å². The molecule has 7 heteroatoms. The van der Waals surface area contributed by atoms with Crippen LogP contribution in [-0.2, 0) is 4.74 Å². The van der Waals surface area contributed by atoms with Crippen molar-refractivity contribution in [3.8, 4) is 11.5 Å². The summed E-state index contributed by atoms with van der Waals surface area (Å²) in [6.07, 6.45) is 4.54. The molecule has 0 bridgehead atoms. The maximum Gasteiger partial charge on any atom is 0.191 e.